The molecule has 0 aliphatic rings. The topological polar surface area (TPSA) is 64.1 Å². The Hall–Kier alpha value is 4.88. The summed E-state index contributed by atoms with van der Waals surface area (Å²) in [6.45, 7) is 2.34. The first kappa shape index (κ1) is 30.2. The van der Waals surface area contributed by atoms with E-state index in [1.807, 2.05) is 0 Å². The van der Waals surface area contributed by atoms with Crippen molar-refractivity contribution in [2.45, 2.75) is 3.29 Å². The van der Waals surface area contributed by atoms with Crippen molar-refractivity contribution in [3.05, 3.63) is 0 Å². The van der Waals surface area contributed by atoms with Crippen molar-refractivity contribution in [2.75, 3.05) is 19.6 Å². The Labute approximate surface area is 181 Å². The Morgan fingerprint density at radius 1 is 1.08 bits per heavy atom. The van der Waals surface area contributed by atoms with Gasteiger partial charge in [0.05, 0.1) is 0 Å². The quantitative estimate of drug-likeness (QED) is 0.419. The fourth-order valence-corrected chi connectivity index (χ4v) is 0.702. The van der Waals surface area contributed by atoms with Crippen LogP contribution >= 0.6 is 0 Å². The van der Waals surface area contributed by atoms with Gasteiger partial charge in [0.2, 0.25) is 0 Å². The number of hydrogen-bond donors (Lipinski definition) is 3. The molecule has 1 atom stereocenters. The second kappa shape index (κ2) is 24.9. The first-order valence-corrected chi connectivity index (χ1v) is 4.10. The maximum absolute atomic E-state index is 5.34. The molecule has 1 unspecified atom stereocenters. The third kappa shape index (κ3) is 24.2. The zero-order valence-electron chi connectivity index (χ0n) is 5.35. The molecule has 0 bridgehead atoms. The number of rotatable bonds is 4. The van der Waals surface area contributed by atoms with E-state index in [2.05, 4.69) is 5.32 Å². The summed E-state index contributed by atoms with van der Waals surface area (Å²) in [5, 5.41) is 3.19. The van der Waals surface area contributed by atoms with Crippen LogP contribution in [0.25, 0.3) is 0 Å². The van der Waals surface area contributed by atoms with Gasteiger partial charge in [-0.05, 0) is 0 Å². The number of nitrogens with two attached hydrogens (primary N) is 2. The molecule has 0 fully saturated rings. The molecule has 0 aromatic carbocycles. The monoisotopic (exact) mass is 221 g/mol. The van der Waals surface area contributed by atoms with Crippen LogP contribution in [0.5, 0.6) is 0 Å². The summed E-state index contributed by atoms with van der Waals surface area (Å²) in [5.74, 6) is 0. The normalized spacial score (nSPS) is 9.33. The van der Waals surface area contributed by atoms with E-state index in [-0.39, 0.29) is 118 Å². The van der Waals surface area contributed by atoms with Gasteiger partial charge in [-0.25, -0.2) is 0 Å². The van der Waals surface area contributed by atoms with E-state index in [0.717, 1.165) is 41.0 Å². The van der Waals surface area contributed by atoms with Gasteiger partial charge in [0.1, 0.15) is 0 Å². The molecule has 12 heavy (non-hydrogen) atoms. The summed E-state index contributed by atoms with van der Waals surface area (Å²) in [6, 6.07) is 0. The van der Waals surface area contributed by atoms with Crippen molar-refractivity contribution in [2.24, 2.45) is 11.5 Å². The van der Waals surface area contributed by atoms with Gasteiger partial charge in [0.15, 0.2) is 0 Å². The van der Waals surface area contributed by atoms with Gasteiger partial charge in [-0.2, -0.15) is 0 Å². The summed E-state index contributed by atoms with van der Waals surface area (Å²) in [7, 11) is 0. The molecule has 0 spiro atoms. The van der Waals surface area contributed by atoms with Crippen LogP contribution in [0.4, 0.5) is 0 Å². The third-order valence-electron chi connectivity index (χ3n) is 0.991. The van der Waals surface area contributed by atoms with Crippen LogP contribution in [0.3, 0.4) is 0 Å². The summed E-state index contributed by atoms with van der Waals surface area (Å²) < 4.78 is 0.540. The number of hydrogen-bond acceptors (Lipinski definition) is 3. The van der Waals surface area contributed by atoms with E-state index in [9.17, 15) is 0 Å². The predicted molar refractivity (Wildman–Crippen MR) is 64.2 cm³/mol. The van der Waals surface area contributed by atoms with Crippen molar-refractivity contribution < 1.29 is 0 Å². The first-order valence-electron chi connectivity index (χ1n) is 2.94. The van der Waals surface area contributed by atoms with Crippen molar-refractivity contribution in [1.82, 2.24) is 5.32 Å². The Kier molecular flexibility index (Phi) is 62.6. The van der Waals surface area contributed by atoms with Gasteiger partial charge in [-0.15, -0.1) is 0 Å². The van der Waals surface area contributed by atoms with Crippen LogP contribution in [0.15, 0.2) is 0 Å². The maximum atomic E-state index is 5.34. The summed E-state index contributed by atoms with van der Waals surface area (Å²) in [5.41, 5.74) is 10.6. The molecule has 0 saturated carbocycles. The molecule has 0 aromatic heterocycles. The zero-order chi connectivity index (χ0) is 6.41. The molecule has 0 rings (SSSR count). The summed E-state index contributed by atoms with van der Waals surface area (Å²) in [6.07, 6.45) is 0. The Morgan fingerprint density at radius 2 is 1.50 bits per heavy atom. The molecule has 5 N–H and O–H groups in total. The molecular formula is C4H16N3Na5. The molecule has 0 radical (unpaired) electrons. The minimum atomic E-state index is 0. The van der Waals surface area contributed by atoms with Crippen molar-refractivity contribution in [1.29, 1.82) is 0 Å². The fraction of sp³-hybridized carbons (Fsp3) is 1.00. The van der Waals surface area contributed by atoms with Crippen molar-refractivity contribution in [3.63, 3.8) is 0 Å². The van der Waals surface area contributed by atoms with Crippen LogP contribution in [0.1, 0.15) is 0 Å². The van der Waals surface area contributed by atoms with Gasteiger partial charge in [-0.1, -0.05) is 0 Å². The van der Waals surface area contributed by atoms with Crippen LogP contribution in [-0.4, -0.2) is 169 Å². The number of nitrogens with one attached hydrogen (secondary N) is 1. The van der Waals surface area contributed by atoms with Gasteiger partial charge in [-0.3, -0.25) is 0 Å². The van der Waals surface area contributed by atoms with E-state index < -0.39 is 0 Å². The Morgan fingerprint density at radius 3 is 1.75 bits per heavy atom. The molecule has 0 amide bonds. The van der Waals surface area contributed by atoms with Crippen LogP contribution in [0.2, 0.25) is 0 Å². The molecule has 3 nitrogen and oxygen atoms in total. The molecule has 52 valence electrons. The van der Waals surface area contributed by atoms with Crippen molar-refractivity contribution in [3.8, 4) is 0 Å². The summed E-state index contributed by atoms with van der Waals surface area (Å²) in [4.78, 5) is 0. The zero-order valence-corrected chi connectivity index (χ0v) is 7.35. The van der Waals surface area contributed by atoms with Crippen LogP contribution in [-0.2, 0) is 0 Å². The van der Waals surface area contributed by atoms with E-state index in [1.54, 1.807) is 0 Å². The van der Waals surface area contributed by atoms with Crippen molar-refractivity contribution >= 4 is 146 Å². The molecule has 8 heteroatoms. The average Bonchev–Trinajstić information content (AvgIpc) is 1.83. The van der Waals surface area contributed by atoms with Gasteiger partial charge >= 0.3 is 186 Å². The standard InChI is InChI=1S/C4H12N3.5Na.4H/c5-1-3-7-4-2-6;;;;;;;;;/h3,7H,1-2,4-6H2;;;;;;;;;. The van der Waals surface area contributed by atoms with E-state index in [0.29, 0.717) is 9.84 Å². The first-order chi connectivity index (χ1) is 3.81. The fourth-order valence-electron chi connectivity index (χ4n) is 0.413. The Balaban J connectivity index is -0.0000000408. The third-order valence-corrected chi connectivity index (χ3v) is 1.87. The van der Waals surface area contributed by atoms with E-state index in [4.69, 9.17) is 11.5 Å². The van der Waals surface area contributed by atoms with E-state index in [1.165, 1.54) is 0 Å². The van der Waals surface area contributed by atoms with Crippen LogP contribution in [0, 0.1) is 0 Å². The molecular weight excluding hydrogens is 205 g/mol. The Bertz CT molecular complexity index is 58.0. The van der Waals surface area contributed by atoms with Crippen LogP contribution < -0.4 is 16.8 Å². The van der Waals surface area contributed by atoms with Gasteiger partial charge in [0.25, 0.3) is 0 Å². The van der Waals surface area contributed by atoms with Gasteiger partial charge < -0.3 is 0 Å². The minimum absolute atomic E-state index is 0. The summed E-state index contributed by atoms with van der Waals surface area (Å²) >= 11 is 1.11. The van der Waals surface area contributed by atoms with E-state index >= 15 is 0 Å². The molecule has 0 aliphatic heterocycles. The second-order valence-corrected chi connectivity index (χ2v) is 3.27. The molecule has 0 heterocycles. The second-order valence-electron chi connectivity index (χ2n) is 1.88. The molecule has 0 aromatic rings. The molecule has 0 aliphatic carbocycles. The van der Waals surface area contributed by atoms with Gasteiger partial charge in [0, 0.05) is 0 Å². The predicted octanol–water partition coefficient (Wildman–Crippen LogP) is -4.61. The molecule has 0 saturated heterocycles. The average molecular weight is 221 g/mol. The SMILES string of the molecule is NCCN[CH]([Na])CN.[NaH].[NaH].[NaH].[NaH].